The Balaban J connectivity index is 2.50. The fourth-order valence-electron chi connectivity index (χ4n) is 1.82. The Morgan fingerprint density at radius 2 is 1.79 bits per heavy atom. The average Bonchev–Trinajstić information content (AvgIpc) is 2.34. The van der Waals surface area contributed by atoms with E-state index in [4.69, 9.17) is 17.4 Å². The Morgan fingerprint density at radius 1 is 1.11 bits per heavy atom. The molecule has 2 aromatic rings. The Labute approximate surface area is 122 Å². The quantitative estimate of drug-likeness (QED) is 0.652. The Morgan fingerprint density at radius 3 is 2.37 bits per heavy atom. The topological polar surface area (TPSA) is 38.0 Å². The molecule has 0 bridgehead atoms. The zero-order valence-electron chi connectivity index (χ0n) is 9.63. The summed E-state index contributed by atoms with van der Waals surface area (Å²) in [7, 11) is 0. The van der Waals surface area contributed by atoms with Crippen molar-refractivity contribution in [3.63, 3.8) is 0 Å². The molecule has 0 radical (unpaired) electrons. The molecule has 0 heterocycles. The minimum atomic E-state index is -0.679. The first-order valence-corrected chi connectivity index (χ1v) is 6.56. The van der Waals surface area contributed by atoms with Gasteiger partial charge in [-0.15, -0.1) is 0 Å². The van der Waals surface area contributed by atoms with E-state index < -0.39 is 17.7 Å². The van der Waals surface area contributed by atoms with Gasteiger partial charge >= 0.3 is 0 Å². The fourth-order valence-corrected chi connectivity index (χ4v) is 2.60. The number of rotatable bonds is 3. The molecule has 2 rings (SSSR count). The zero-order chi connectivity index (χ0) is 14.0. The van der Waals surface area contributed by atoms with Crippen LogP contribution in [0.4, 0.5) is 8.78 Å². The molecular formula is C13H10BrClF2N2. The number of nitrogens with one attached hydrogen (secondary N) is 1. The van der Waals surface area contributed by atoms with Gasteiger partial charge in [0.05, 0.1) is 6.04 Å². The zero-order valence-corrected chi connectivity index (χ0v) is 12.0. The molecule has 100 valence electrons. The summed E-state index contributed by atoms with van der Waals surface area (Å²) < 4.78 is 27.5. The van der Waals surface area contributed by atoms with Crippen LogP contribution in [-0.4, -0.2) is 0 Å². The van der Waals surface area contributed by atoms with Crippen LogP contribution in [0.25, 0.3) is 0 Å². The van der Waals surface area contributed by atoms with Gasteiger partial charge in [0, 0.05) is 21.1 Å². The summed E-state index contributed by atoms with van der Waals surface area (Å²) in [5.41, 5.74) is 3.33. The minimum Gasteiger partial charge on any atom is -0.271 e. The lowest BCUT2D eigenvalue weighted by atomic mass is 9.98. The van der Waals surface area contributed by atoms with Crippen LogP contribution in [-0.2, 0) is 0 Å². The van der Waals surface area contributed by atoms with Crippen LogP contribution in [0.5, 0.6) is 0 Å². The van der Waals surface area contributed by atoms with E-state index in [1.807, 2.05) is 0 Å². The lowest BCUT2D eigenvalue weighted by Crippen LogP contribution is -2.29. The number of benzene rings is 2. The van der Waals surface area contributed by atoms with E-state index in [2.05, 4.69) is 21.4 Å². The number of hydrogen-bond donors (Lipinski definition) is 2. The monoisotopic (exact) mass is 346 g/mol. The van der Waals surface area contributed by atoms with Gasteiger partial charge in [0.2, 0.25) is 0 Å². The standard InChI is InChI=1S/C13H10BrClF2N2/c14-7-1-3-9(11(15)5-7)13(19-18)10-4-2-8(16)6-12(10)17/h1-6,13,19H,18H2. The van der Waals surface area contributed by atoms with Gasteiger partial charge in [-0.2, -0.15) is 0 Å². The second kappa shape index (κ2) is 5.96. The maximum absolute atomic E-state index is 13.8. The molecule has 19 heavy (non-hydrogen) atoms. The highest BCUT2D eigenvalue weighted by Gasteiger charge is 2.19. The molecule has 0 spiro atoms. The minimum absolute atomic E-state index is 0.230. The molecule has 0 aliphatic carbocycles. The third-order valence-corrected chi connectivity index (χ3v) is 3.53. The average molecular weight is 348 g/mol. The summed E-state index contributed by atoms with van der Waals surface area (Å²) >= 11 is 9.40. The third-order valence-electron chi connectivity index (χ3n) is 2.71. The van der Waals surface area contributed by atoms with E-state index in [0.29, 0.717) is 10.6 Å². The number of halogens is 4. The lowest BCUT2D eigenvalue weighted by Gasteiger charge is -2.19. The van der Waals surface area contributed by atoms with Gasteiger partial charge in [-0.25, -0.2) is 14.2 Å². The van der Waals surface area contributed by atoms with Crippen LogP contribution in [0.1, 0.15) is 17.2 Å². The summed E-state index contributed by atoms with van der Waals surface area (Å²) in [5.74, 6) is 4.15. The summed E-state index contributed by atoms with van der Waals surface area (Å²) in [6.07, 6.45) is 0. The van der Waals surface area contributed by atoms with Crippen molar-refractivity contribution in [3.8, 4) is 0 Å². The van der Waals surface area contributed by atoms with Crippen LogP contribution in [0.2, 0.25) is 5.02 Å². The van der Waals surface area contributed by atoms with Gasteiger partial charge in [-0.05, 0) is 23.8 Å². The molecule has 2 nitrogen and oxygen atoms in total. The van der Waals surface area contributed by atoms with Gasteiger partial charge in [0.25, 0.3) is 0 Å². The van der Waals surface area contributed by atoms with E-state index >= 15 is 0 Å². The van der Waals surface area contributed by atoms with Crippen molar-refractivity contribution < 1.29 is 8.78 Å². The highest BCUT2D eigenvalue weighted by molar-refractivity contribution is 9.10. The highest BCUT2D eigenvalue weighted by atomic mass is 79.9. The van der Waals surface area contributed by atoms with Crippen molar-refractivity contribution in [2.24, 2.45) is 5.84 Å². The summed E-state index contributed by atoms with van der Waals surface area (Å²) in [6, 6.07) is 7.85. The molecule has 0 saturated heterocycles. The van der Waals surface area contributed by atoms with Crippen LogP contribution in [0, 0.1) is 11.6 Å². The maximum Gasteiger partial charge on any atom is 0.131 e. The van der Waals surface area contributed by atoms with Crippen molar-refractivity contribution in [1.29, 1.82) is 0 Å². The molecule has 1 atom stereocenters. The third kappa shape index (κ3) is 3.12. The van der Waals surface area contributed by atoms with Crippen molar-refractivity contribution in [2.75, 3.05) is 0 Å². The SMILES string of the molecule is NNC(c1ccc(F)cc1F)c1ccc(Br)cc1Cl. The second-order valence-corrected chi connectivity index (χ2v) is 5.25. The highest BCUT2D eigenvalue weighted by Crippen LogP contribution is 2.31. The van der Waals surface area contributed by atoms with E-state index in [0.717, 1.165) is 10.5 Å². The summed E-state index contributed by atoms with van der Waals surface area (Å²) in [6.45, 7) is 0. The molecular weight excluding hydrogens is 338 g/mol. The Hall–Kier alpha value is -1.01. The molecule has 0 fully saturated rings. The smallest absolute Gasteiger partial charge is 0.131 e. The predicted octanol–water partition coefficient (Wildman–Crippen LogP) is 3.93. The van der Waals surface area contributed by atoms with Crippen LogP contribution in [0.3, 0.4) is 0 Å². The maximum atomic E-state index is 13.8. The van der Waals surface area contributed by atoms with Crippen LogP contribution in [0.15, 0.2) is 40.9 Å². The fraction of sp³-hybridized carbons (Fsp3) is 0.0769. The Bertz CT molecular complexity index is 556. The largest absolute Gasteiger partial charge is 0.271 e. The van der Waals surface area contributed by atoms with E-state index in [9.17, 15) is 8.78 Å². The first kappa shape index (κ1) is 14.4. The molecule has 1 unspecified atom stereocenters. The molecule has 0 aromatic heterocycles. The van der Waals surface area contributed by atoms with Gasteiger partial charge < -0.3 is 0 Å². The van der Waals surface area contributed by atoms with Crippen LogP contribution >= 0.6 is 27.5 Å². The van der Waals surface area contributed by atoms with Gasteiger partial charge in [0.1, 0.15) is 11.6 Å². The number of hydrogen-bond acceptors (Lipinski definition) is 2. The molecule has 0 amide bonds. The molecule has 6 heteroatoms. The van der Waals surface area contributed by atoms with Crippen molar-refractivity contribution in [3.05, 3.63) is 68.7 Å². The van der Waals surface area contributed by atoms with Crippen molar-refractivity contribution in [2.45, 2.75) is 6.04 Å². The summed E-state index contributed by atoms with van der Waals surface area (Å²) in [5, 5.41) is 0.432. The molecule has 0 aliphatic rings. The van der Waals surface area contributed by atoms with Gasteiger partial charge in [-0.1, -0.05) is 39.7 Å². The summed E-state index contributed by atoms with van der Waals surface area (Å²) in [4.78, 5) is 0. The number of nitrogens with two attached hydrogens (primary N) is 1. The van der Waals surface area contributed by atoms with Crippen LogP contribution < -0.4 is 11.3 Å². The number of hydrazine groups is 1. The van der Waals surface area contributed by atoms with Gasteiger partial charge in [-0.3, -0.25) is 5.84 Å². The first-order chi connectivity index (χ1) is 9.02. The predicted molar refractivity (Wildman–Crippen MR) is 74.7 cm³/mol. The lowest BCUT2D eigenvalue weighted by molar-refractivity contribution is 0.541. The molecule has 3 N–H and O–H groups in total. The van der Waals surface area contributed by atoms with E-state index in [1.54, 1.807) is 18.2 Å². The normalized spacial score (nSPS) is 12.5. The van der Waals surface area contributed by atoms with Crippen molar-refractivity contribution in [1.82, 2.24) is 5.43 Å². The Kier molecular flexibility index (Phi) is 4.52. The second-order valence-electron chi connectivity index (χ2n) is 3.93. The van der Waals surface area contributed by atoms with E-state index in [-0.39, 0.29) is 5.56 Å². The van der Waals surface area contributed by atoms with E-state index in [1.165, 1.54) is 12.1 Å². The molecule has 0 saturated carbocycles. The van der Waals surface area contributed by atoms with Gasteiger partial charge in [0.15, 0.2) is 0 Å². The molecule has 2 aromatic carbocycles. The van der Waals surface area contributed by atoms with Crippen molar-refractivity contribution >= 4 is 27.5 Å². The first-order valence-electron chi connectivity index (χ1n) is 5.39. The molecule has 0 aliphatic heterocycles.